The topological polar surface area (TPSA) is 38.3 Å². The van der Waals surface area contributed by atoms with Crippen molar-refractivity contribution in [3.63, 3.8) is 0 Å². The first-order valence-corrected chi connectivity index (χ1v) is 7.03. The number of rotatable bonds is 5. The van der Waals surface area contributed by atoms with Crippen LogP contribution < -0.4 is 10.1 Å². The van der Waals surface area contributed by atoms with E-state index >= 15 is 0 Å². The monoisotopic (exact) mass is 303 g/mol. The second-order valence-corrected chi connectivity index (χ2v) is 5.28. The molecule has 0 heterocycles. The molecule has 1 saturated carbocycles. The molecule has 0 spiro atoms. The molecule has 0 unspecified atom stereocenters. The molecule has 0 bridgehead atoms. The van der Waals surface area contributed by atoms with Crippen LogP contribution in [0.15, 0.2) is 54.6 Å². The number of halogens is 2. The van der Waals surface area contributed by atoms with Crippen molar-refractivity contribution >= 4 is 11.6 Å². The predicted molar refractivity (Wildman–Crippen MR) is 79.1 cm³/mol. The molecule has 2 aromatic rings. The van der Waals surface area contributed by atoms with Gasteiger partial charge in [0.15, 0.2) is 0 Å². The molecule has 22 heavy (non-hydrogen) atoms. The number of hydrogen-bond donors (Lipinski definition) is 1. The molecule has 0 saturated heterocycles. The molecule has 1 amide bonds. The summed E-state index contributed by atoms with van der Waals surface area (Å²) in [6.07, 6.45) is 1.50. The molecular formula is C17H15F2NO2. The molecule has 5 heteroatoms. The van der Waals surface area contributed by atoms with Crippen LogP contribution in [0.3, 0.4) is 0 Å². The van der Waals surface area contributed by atoms with Crippen molar-refractivity contribution in [1.29, 1.82) is 0 Å². The van der Waals surface area contributed by atoms with Crippen LogP contribution in [0.4, 0.5) is 14.5 Å². The van der Waals surface area contributed by atoms with Gasteiger partial charge >= 0.3 is 6.61 Å². The number of nitrogens with one attached hydrogen (secondary N) is 1. The first-order valence-electron chi connectivity index (χ1n) is 7.03. The number of ether oxygens (including phenoxy) is 1. The molecule has 0 aliphatic heterocycles. The molecule has 1 N–H and O–H groups in total. The minimum absolute atomic E-state index is 0.0327. The predicted octanol–water partition coefficient (Wildman–Crippen LogP) is 3.96. The summed E-state index contributed by atoms with van der Waals surface area (Å²) < 4.78 is 29.3. The van der Waals surface area contributed by atoms with Gasteiger partial charge in [-0.1, -0.05) is 42.5 Å². The molecule has 1 fully saturated rings. The van der Waals surface area contributed by atoms with Gasteiger partial charge in [0.1, 0.15) is 5.75 Å². The van der Waals surface area contributed by atoms with E-state index in [-0.39, 0.29) is 17.3 Å². The maximum atomic E-state index is 12.6. The number of anilines is 1. The lowest BCUT2D eigenvalue weighted by Gasteiger charge is -2.17. The van der Waals surface area contributed by atoms with Crippen molar-refractivity contribution in [2.24, 2.45) is 0 Å². The third-order valence-corrected chi connectivity index (χ3v) is 3.86. The maximum absolute atomic E-state index is 12.6. The number of amides is 1. The van der Waals surface area contributed by atoms with E-state index < -0.39 is 12.0 Å². The second-order valence-electron chi connectivity index (χ2n) is 5.28. The average Bonchev–Trinajstić information content (AvgIpc) is 3.31. The SMILES string of the molecule is O=C(Nc1ccccc1OC(F)F)C1(c2ccccc2)CC1. The Morgan fingerprint density at radius 2 is 1.68 bits per heavy atom. The van der Waals surface area contributed by atoms with Crippen LogP contribution >= 0.6 is 0 Å². The lowest BCUT2D eigenvalue weighted by molar-refractivity contribution is -0.118. The quantitative estimate of drug-likeness (QED) is 0.908. The summed E-state index contributed by atoms with van der Waals surface area (Å²) in [7, 11) is 0. The summed E-state index contributed by atoms with van der Waals surface area (Å²) in [5.74, 6) is -0.223. The summed E-state index contributed by atoms with van der Waals surface area (Å²) >= 11 is 0. The Bertz CT molecular complexity index is 669. The Balaban J connectivity index is 1.81. The van der Waals surface area contributed by atoms with Gasteiger partial charge < -0.3 is 10.1 Å². The van der Waals surface area contributed by atoms with Gasteiger partial charge in [-0.3, -0.25) is 4.79 Å². The number of benzene rings is 2. The molecular weight excluding hydrogens is 288 g/mol. The van der Waals surface area contributed by atoms with Crippen LogP contribution in [-0.4, -0.2) is 12.5 Å². The third kappa shape index (κ3) is 2.79. The van der Waals surface area contributed by atoms with Crippen LogP contribution in [0, 0.1) is 0 Å². The van der Waals surface area contributed by atoms with Crippen molar-refractivity contribution in [3.8, 4) is 5.75 Å². The molecule has 3 nitrogen and oxygen atoms in total. The standard InChI is InChI=1S/C17H15F2NO2/c18-16(19)22-14-9-5-4-8-13(14)20-15(21)17(10-11-17)12-6-2-1-3-7-12/h1-9,16H,10-11H2,(H,20,21). The zero-order chi connectivity index (χ0) is 15.6. The second kappa shape index (κ2) is 5.75. The Labute approximate surface area is 126 Å². The molecule has 1 aliphatic rings. The van der Waals surface area contributed by atoms with E-state index in [0.717, 1.165) is 18.4 Å². The Kier molecular flexibility index (Phi) is 3.79. The first kappa shape index (κ1) is 14.5. The summed E-state index contributed by atoms with van der Waals surface area (Å²) in [5, 5.41) is 2.72. The summed E-state index contributed by atoms with van der Waals surface area (Å²) in [6, 6.07) is 15.7. The normalized spacial score (nSPS) is 15.4. The lowest BCUT2D eigenvalue weighted by Crippen LogP contribution is -2.28. The van der Waals surface area contributed by atoms with Gasteiger partial charge in [0.25, 0.3) is 0 Å². The summed E-state index contributed by atoms with van der Waals surface area (Å²) in [6.45, 7) is -2.93. The van der Waals surface area contributed by atoms with E-state index in [4.69, 9.17) is 0 Å². The van der Waals surface area contributed by atoms with Gasteiger partial charge in [0.05, 0.1) is 11.1 Å². The fraction of sp³-hybridized carbons (Fsp3) is 0.235. The van der Waals surface area contributed by atoms with Crippen molar-refractivity contribution < 1.29 is 18.3 Å². The minimum Gasteiger partial charge on any atom is -0.433 e. The molecule has 114 valence electrons. The van der Waals surface area contributed by atoms with Crippen LogP contribution in [0.1, 0.15) is 18.4 Å². The van der Waals surface area contributed by atoms with Gasteiger partial charge in [-0.2, -0.15) is 8.78 Å². The Morgan fingerprint density at radius 3 is 2.32 bits per heavy atom. The number of carbonyl (C=O) groups excluding carboxylic acids is 1. The van der Waals surface area contributed by atoms with Crippen molar-refractivity contribution in [1.82, 2.24) is 0 Å². The Hall–Kier alpha value is -2.43. The highest BCUT2D eigenvalue weighted by molar-refractivity contribution is 6.02. The fourth-order valence-electron chi connectivity index (χ4n) is 2.54. The minimum atomic E-state index is -2.93. The molecule has 0 aromatic heterocycles. The number of para-hydroxylation sites is 2. The van der Waals surface area contributed by atoms with E-state index in [9.17, 15) is 13.6 Å². The van der Waals surface area contributed by atoms with Crippen LogP contribution in [0.2, 0.25) is 0 Å². The highest BCUT2D eigenvalue weighted by Gasteiger charge is 2.51. The van der Waals surface area contributed by atoms with Gasteiger partial charge in [0, 0.05) is 0 Å². The molecule has 1 aliphatic carbocycles. The molecule has 2 aromatic carbocycles. The highest BCUT2D eigenvalue weighted by Crippen LogP contribution is 2.49. The van der Waals surface area contributed by atoms with E-state index in [1.807, 2.05) is 30.3 Å². The first-order chi connectivity index (χ1) is 10.6. The van der Waals surface area contributed by atoms with Crippen molar-refractivity contribution in [2.45, 2.75) is 24.9 Å². The van der Waals surface area contributed by atoms with E-state index in [2.05, 4.69) is 10.1 Å². The molecule has 3 rings (SSSR count). The lowest BCUT2D eigenvalue weighted by atomic mass is 9.95. The summed E-state index contributed by atoms with van der Waals surface area (Å²) in [5.41, 5.74) is 0.647. The van der Waals surface area contributed by atoms with Gasteiger partial charge in [-0.15, -0.1) is 0 Å². The van der Waals surface area contributed by atoms with E-state index in [0.29, 0.717) is 0 Å². The van der Waals surface area contributed by atoms with E-state index in [1.165, 1.54) is 6.07 Å². The number of alkyl halides is 2. The van der Waals surface area contributed by atoms with Crippen LogP contribution in [0.5, 0.6) is 5.75 Å². The van der Waals surface area contributed by atoms with Gasteiger partial charge in [-0.05, 0) is 30.5 Å². The van der Waals surface area contributed by atoms with Crippen molar-refractivity contribution in [2.75, 3.05) is 5.32 Å². The maximum Gasteiger partial charge on any atom is 0.387 e. The number of carbonyl (C=O) groups is 1. The largest absolute Gasteiger partial charge is 0.433 e. The molecule has 0 radical (unpaired) electrons. The zero-order valence-corrected chi connectivity index (χ0v) is 11.8. The Morgan fingerprint density at radius 1 is 1.05 bits per heavy atom. The molecule has 0 atom stereocenters. The van der Waals surface area contributed by atoms with E-state index in [1.54, 1.807) is 18.2 Å². The zero-order valence-electron chi connectivity index (χ0n) is 11.8. The number of hydrogen-bond acceptors (Lipinski definition) is 2. The third-order valence-electron chi connectivity index (χ3n) is 3.86. The van der Waals surface area contributed by atoms with Gasteiger partial charge in [0.2, 0.25) is 5.91 Å². The fourth-order valence-corrected chi connectivity index (χ4v) is 2.54. The van der Waals surface area contributed by atoms with Gasteiger partial charge in [-0.25, -0.2) is 0 Å². The highest BCUT2D eigenvalue weighted by atomic mass is 19.3. The smallest absolute Gasteiger partial charge is 0.387 e. The van der Waals surface area contributed by atoms with Crippen LogP contribution in [0.25, 0.3) is 0 Å². The van der Waals surface area contributed by atoms with Crippen LogP contribution in [-0.2, 0) is 10.2 Å². The summed E-state index contributed by atoms with van der Waals surface area (Å²) in [4.78, 5) is 12.6. The average molecular weight is 303 g/mol. The van der Waals surface area contributed by atoms with Crippen molar-refractivity contribution in [3.05, 3.63) is 60.2 Å².